The minimum Gasteiger partial charge on any atom is -0.365 e. The van der Waals surface area contributed by atoms with Gasteiger partial charge < -0.3 is 15.5 Å². The number of carbonyl (C=O) groups excluding carboxylic acids is 1. The summed E-state index contributed by atoms with van der Waals surface area (Å²) < 4.78 is 1.83. The molecule has 1 fully saturated rings. The number of fused-ring (bicyclic) bond motifs is 1. The van der Waals surface area contributed by atoms with Crippen LogP contribution in [0.4, 0.5) is 17.2 Å². The number of carbonyl (C=O) groups is 1. The molecule has 4 heterocycles. The summed E-state index contributed by atoms with van der Waals surface area (Å²) in [4.78, 5) is 18.4. The molecule has 5 rings (SSSR count). The Morgan fingerprint density at radius 1 is 1.27 bits per heavy atom. The number of aryl methyl sites for hydroxylation is 1. The lowest BCUT2D eigenvalue weighted by Crippen LogP contribution is -2.59. The first-order valence-corrected chi connectivity index (χ1v) is 13.7. The fourth-order valence-corrected chi connectivity index (χ4v) is 5.29. The molecule has 0 aliphatic carbocycles. The number of nitrogens with one attached hydrogen (secondary N) is 2. The summed E-state index contributed by atoms with van der Waals surface area (Å²) in [5, 5.41) is 17.1. The largest absolute Gasteiger partial charge is 0.365 e. The molecule has 3 aromatic rings. The number of rotatable bonds is 10. The number of nitrogens with zero attached hydrogens (tertiary/aromatic N) is 6. The second kappa shape index (κ2) is 11.6. The van der Waals surface area contributed by atoms with Gasteiger partial charge in [0.2, 0.25) is 5.91 Å². The third-order valence-electron chi connectivity index (χ3n) is 7.33. The average Bonchev–Trinajstić information content (AvgIpc) is 3.36. The molecule has 1 aromatic carbocycles. The summed E-state index contributed by atoms with van der Waals surface area (Å²) in [6.45, 7) is 15.6. The average molecular weight is 537 g/mol. The summed E-state index contributed by atoms with van der Waals surface area (Å²) in [5.74, 6) is 0.836. The van der Waals surface area contributed by atoms with E-state index in [0.29, 0.717) is 0 Å². The molecule has 0 saturated carbocycles. The molecule has 40 heavy (non-hydrogen) atoms. The summed E-state index contributed by atoms with van der Waals surface area (Å²) in [6.07, 6.45) is 14.8. The van der Waals surface area contributed by atoms with Crippen LogP contribution in [0, 0.1) is 6.92 Å². The van der Waals surface area contributed by atoms with Gasteiger partial charge in [0.05, 0.1) is 17.4 Å². The molecule has 9 heteroatoms. The minimum absolute atomic E-state index is 0.0987. The number of amides is 1. The SMILES string of the molecule is C=CC(=O)NC1CN(c2ccn3ncnc(Nc4ccc(C(CC)C5=CC(=C)N(/N=C\CC)C=C5)c(C)c4)c23)C1. The van der Waals surface area contributed by atoms with Crippen molar-refractivity contribution in [1.29, 1.82) is 0 Å². The zero-order chi connectivity index (χ0) is 28.2. The highest BCUT2D eigenvalue weighted by Gasteiger charge is 2.30. The maximum Gasteiger partial charge on any atom is 0.243 e. The maximum absolute atomic E-state index is 11.6. The predicted octanol–water partition coefficient (Wildman–Crippen LogP) is 5.43. The van der Waals surface area contributed by atoms with E-state index < -0.39 is 0 Å². The lowest BCUT2D eigenvalue weighted by molar-refractivity contribution is -0.117. The molecule has 206 valence electrons. The van der Waals surface area contributed by atoms with E-state index >= 15 is 0 Å². The molecule has 1 atom stereocenters. The second-order valence-corrected chi connectivity index (χ2v) is 10.1. The van der Waals surface area contributed by atoms with E-state index in [9.17, 15) is 4.79 Å². The first-order chi connectivity index (χ1) is 19.4. The van der Waals surface area contributed by atoms with Crippen molar-refractivity contribution in [3.8, 4) is 0 Å². The Morgan fingerprint density at radius 2 is 2.10 bits per heavy atom. The molecule has 1 amide bonds. The third-order valence-corrected chi connectivity index (χ3v) is 7.33. The van der Waals surface area contributed by atoms with E-state index in [1.54, 1.807) is 6.33 Å². The highest BCUT2D eigenvalue weighted by atomic mass is 16.1. The van der Waals surface area contributed by atoms with Crippen molar-refractivity contribution in [3.05, 3.63) is 96.8 Å². The quantitative estimate of drug-likeness (QED) is 0.265. The van der Waals surface area contributed by atoms with E-state index in [2.05, 4.69) is 95.0 Å². The molecular formula is C31H36N8O. The van der Waals surface area contributed by atoms with Crippen LogP contribution in [0.5, 0.6) is 0 Å². The Labute approximate surface area is 235 Å². The van der Waals surface area contributed by atoms with Crippen molar-refractivity contribution in [2.45, 2.75) is 45.6 Å². The summed E-state index contributed by atoms with van der Waals surface area (Å²) in [5.41, 5.74) is 7.46. The first kappa shape index (κ1) is 26.9. The Balaban J connectivity index is 1.34. The van der Waals surface area contributed by atoms with Crippen LogP contribution >= 0.6 is 0 Å². The Morgan fingerprint density at radius 3 is 2.80 bits per heavy atom. The second-order valence-electron chi connectivity index (χ2n) is 10.1. The highest BCUT2D eigenvalue weighted by molar-refractivity contribution is 5.89. The number of hydrogen-bond acceptors (Lipinski definition) is 7. The molecule has 2 aliphatic rings. The van der Waals surface area contributed by atoms with Crippen molar-refractivity contribution in [1.82, 2.24) is 24.9 Å². The molecule has 2 N–H and O–H groups in total. The zero-order valence-electron chi connectivity index (χ0n) is 23.3. The predicted molar refractivity (Wildman–Crippen MR) is 162 cm³/mol. The van der Waals surface area contributed by atoms with Crippen molar-refractivity contribution < 1.29 is 4.79 Å². The van der Waals surface area contributed by atoms with Crippen LogP contribution in [0.1, 0.15) is 43.7 Å². The molecule has 9 nitrogen and oxygen atoms in total. The first-order valence-electron chi connectivity index (χ1n) is 13.7. The number of allylic oxidation sites excluding steroid dienone is 3. The van der Waals surface area contributed by atoms with Gasteiger partial charge in [-0.2, -0.15) is 10.2 Å². The van der Waals surface area contributed by atoms with Crippen molar-refractivity contribution >= 4 is 34.8 Å². The summed E-state index contributed by atoms with van der Waals surface area (Å²) in [7, 11) is 0. The molecule has 1 unspecified atom stereocenters. The van der Waals surface area contributed by atoms with E-state index in [1.165, 1.54) is 22.8 Å². The van der Waals surface area contributed by atoms with Crippen molar-refractivity contribution in [2.75, 3.05) is 23.3 Å². The van der Waals surface area contributed by atoms with Gasteiger partial charge in [-0.15, -0.1) is 0 Å². The highest BCUT2D eigenvalue weighted by Crippen LogP contribution is 2.36. The number of hydrogen-bond donors (Lipinski definition) is 2. The standard InChI is InChI=1S/C31H36N8O/c1-6-13-33-38-14-11-23(17-22(38)5)26(7-2)27-10-9-24(16-21(27)4)36-31-30-28(12-15-39(30)34-20-32-31)37-18-25(19-37)35-29(40)8-3/h8-17,20,25-26H,3,5-7,18-19H2,1-2,4H3,(H,35,40)(H,32,34,36)/b33-13-. The van der Waals surface area contributed by atoms with Gasteiger partial charge in [0.15, 0.2) is 5.82 Å². The Kier molecular flexibility index (Phi) is 7.82. The third kappa shape index (κ3) is 5.40. The van der Waals surface area contributed by atoms with Gasteiger partial charge >= 0.3 is 0 Å². The smallest absolute Gasteiger partial charge is 0.243 e. The van der Waals surface area contributed by atoms with Gasteiger partial charge in [-0.25, -0.2) is 14.5 Å². The van der Waals surface area contributed by atoms with Gasteiger partial charge in [0, 0.05) is 43.3 Å². The normalized spacial score (nSPS) is 16.3. The number of hydrazone groups is 1. The molecule has 2 aromatic heterocycles. The summed E-state index contributed by atoms with van der Waals surface area (Å²) >= 11 is 0. The number of anilines is 3. The van der Waals surface area contributed by atoms with Crippen LogP contribution in [0.25, 0.3) is 5.52 Å². The topological polar surface area (TPSA) is 90.2 Å². The molecule has 0 bridgehead atoms. The van der Waals surface area contributed by atoms with Gasteiger partial charge in [0.25, 0.3) is 0 Å². The maximum atomic E-state index is 11.6. The lowest BCUT2D eigenvalue weighted by atomic mass is 9.85. The van der Waals surface area contributed by atoms with Crippen LogP contribution < -0.4 is 15.5 Å². The van der Waals surface area contributed by atoms with Gasteiger partial charge in [-0.05, 0) is 72.9 Å². The van der Waals surface area contributed by atoms with Crippen LogP contribution in [-0.4, -0.2) is 50.9 Å². The van der Waals surface area contributed by atoms with Gasteiger partial charge in [-0.3, -0.25) is 4.79 Å². The van der Waals surface area contributed by atoms with Crippen LogP contribution in [-0.2, 0) is 4.79 Å². The lowest BCUT2D eigenvalue weighted by Gasteiger charge is -2.40. The zero-order valence-corrected chi connectivity index (χ0v) is 23.3. The minimum atomic E-state index is -0.148. The fraction of sp³-hybridized carbons (Fsp3) is 0.290. The number of benzene rings is 1. The summed E-state index contributed by atoms with van der Waals surface area (Å²) in [6, 6.07) is 8.61. The van der Waals surface area contributed by atoms with Crippen LogP contribution in [0.2, 0.25) is 0 Å². The fourth-order valence-electron chi connectivity index (χ4n) is 5.29. The Hall–Kier alpha value is -4.66. The molecular weight excluding hydrogens is 500 g/mol. The molecule has 0 spiro atoms. The molecule has 2 aliphatic heterocycles. The van der Waals surface area contributed by atoms with E-state index in [0.717, 1.165) is 54.3 Å². The monoisotopic (exact) mass is 536 g/mol. The van der Waals surface area contributed by atoms with Crippen molar-refractivity contribution in [2.24, 2.45) is 5.10 Å². The van der Waals surface area contributed by atoms with Crippen molar-refractivity contribution in [3.63, 3.8) is 0 Å². The van der Waals surface area contributed by atoms with E-state index in [4.69, 9.17) is 0 Å². The van der Waals surface area contributed by atoms with E-state index in [-0.39, 0.29) is 17.9 Å². The van der Waals surface area contributed by atoms with Gasteiger partial charge in [0.1, 0.15) is 11.8 Å². The Bertz CT molecular complexity index is 1530. The van der Waals surface area contributed by atoms with Crippen LogP contribution in [0.3, 0.4) is 0 Å². The molecule has 1 saturated heterocycles. The van der Waals surface area contributed by atoms with Gasteiger partial charge in [-0.1, -0.05) is 33.1 Å². The molecule has 0 radical (unpaired) electrons. The number of aromatic nitrogens is 3. The van der Waals surface area contributed by atoms with E-state index in [1.807, 2.05) is 34.2 Å². The van der Waals surface area contributed by atoms with Crippen LogP contribution in [0.15, 0.2) is 90.7 Å².